The van der Waals surface area contributed by atoms with Gasteiger partial charge in [-0.3, -0.25) is 0 Å². The second-order valence-electron chi connectivity index (χ2n) is 8.81. The van der Waals surface area contributed by atoms with E-state index in [9.17, 15) is 0 Å². The number of fused-ring (bicyclic) bond motifs is 1. The van der Waals surface area contributed by atoms with Crippen LogP contribution in [0.15, 0.2) is 76.5 Å². The van der Waals surface area contributed by atoms with Crippen LogP contribution in [-0.2, 0) is 0 Å². The summed E-state index contributed by atoms with van der Waals surface area (Å²) in [7, 11) is 0. The van der Waals surface area contributed by atoms with Gasteiger partial charge in [0.05, 0.1) is 11.1 Å². The quantitative estimate of drug-likeness (QED) is 0.243. The first-order chi connectivity index (χ1) is 16.8. The van der Waals surface area contributed by atoms with Crippen molar-refractivity contribution in [2.75, 3.05) is 0 Å². The van der Waals surface area contributed by atoms with Gasteiger partial charge >= 0.3 is 0 Å². The molecule has 170 valence electrons. The highest BCUT2D eigenvalue weighted by Crippen LogP contribution is 2.40. The molecule has 2 aromatic carbocycles. The Bertz CT molecular complexity index is 1420. The van der Waals surface area contributed by atoms with E-state index in [2.05, 4.69) is 70.8 Å². The summed E-state index contributed by atoms with van der Waals surface area (Å²) in [6.45, 7) is 2.11. The predicted octanol–water partition coefficient (Wildman–Crippen LogP) is 7.45. The fraction of sp³-hybridized carbons (Fsp3) is 0.259. The Hall–Kier alpha value is -3.03. The molecule has 34 heavy (non-hydrogen) atoms. The van der Waals surface area contributed by atoms with Crippen LogP contribution in [-0.4, -0.2) is 24.7 Å². The Morgan fingerprint density at radius 1 is 0.941 bits per heavy atom. The van der Waals surface area contributed by atoms with Crippen molar-refractivity contribution in [1.29, 1.82) is 0 Å². The Morgan fingerprint density at radius 3 is 2.53 bits per heavy atom. The summed E-state index contributed by atoms with van der Waals surface area (Å²) in [6, 6.07) is 19.0. The molecule has 1 aliphatic rings. The highest BCUT2D eigenvalue weighted by Gasteiger charge is 2.24. The zero-order valence-electron chi connectivity index (χ0n) is 19.0. The molecule has 0 bridgehead atoms. The van der Waals surface area contributed by atoms with E-state index in [4.69, 9.17) is 10.1 Å². The normalized spacial score (nSPS) is 14.6. The van der Waals surface area contributed by atoms with Crippen LogP contribution in [0.4, 0.5) is 0 Å². The molecule has 0 N–H and O–H groups in total. The van der Waals surface area contributed by atoms with Crippen LogP contribution in [0.1, 0.15) is 49.4 Å². The maximum atomic E-state index is 5.07. The summed E-state index contributed by atoms with van der Waals surface area (Å²) in [6.07, 6.45) is 7.84. The zero-order valence-corrected chi connectivity index (χ0v) is 20.6. The highest BCUT2D eigenvalue weighted by atomic mass is 32.2. The molecule has 0 radical (unpaired) electrons. The van der Waals surface area contributed by atoms with Crippen molar-refractivity contribution in [3.8, 4) is 16.8 Å². The number of hydrogen-bond donors (Lipinski definition) is 0. The molecule has 0 unspecified atom stereocenters. The summed E-state index contributed by atoms with van der Waals surface area (Å²) >= 11 is 3.20. The topological polar surface area (TPSA) is 56.5 Å². The summed E-state index contributed by atoms with van der Waals surface area (Å²) in [5.74, 6) is 1.52. The lowest BCUT2D eigenvalue weighted by atomic mass is 9.88. The van der Waals surface area contributed by atoms with Crippen molar-refractivity contribution >= 4 is 33.3 Å². The highest BCUT2D eigenvalue weighted by molar-refractivity contribution is 7.99. The van der Waals surface area contributed by atoms with E-state index in [1.807, 2.05) is 10.7 Å². The number of nitrogens with zero attached hydrogens (tertiary/aromatic N) is 5. The van der Waals surface area contributed by atoms with Crippen LogP contribution in [0.3, 0.4) is 0 Å². The predicted molar refractivity (Wildman–Crippen MR) is 139 cm³/mol. The molecule has 5 aromatic rings. The van der Waals surface area contributed by atoms with Crippen molar-refractivity contribution in [2.24, 2.45) is 0 Å². The third kappa shape index (κ3) is 4.14. The summed E-state index contributed by atoms with van der Waals surface area (Å²) in [4.78, 5) is 15.3. The fourth-order valence-corrected chi connectivity index (χ4v) is 6.51. The van der Waals surface area contributed by atoms with Crippen molar-refractivity contribution in [3.05, 3.63) is 77.7 Å². The number of rotatable bonds is 5. The van der Waals surface area contributed by atoms with Gasteiger partial charge in [0.15, 0.2) is 0 Å². The number of thiophene rings is 1. The van der Waals surface area contributed by atoms with Gasteiger partial charge in [-0.2, -0.15) is 0 Å². The number of para-hydroxylation sites is 1. The molecule has 0 spiro atoms. The van der Waals surface area contributed by atoms with Gasteiger partial charge in [0.1, 0.15) is 22.0 Å². The lowest BCUT2D eigenvalue weighted by Crippen LogP contribution is -2.12. The minimum absolute atomic E-state index is 0.450. The summed E-state index contributed by atoms with van der Waals surface area (Å²) in [5.41, 5.74) is 4.66. The Labute approximate surface area is 207 Å². The Morgan fingerprint density at radius 2 is 1.74 bits per heavy atom. The van der Waals surface area contributed by atoms with Crippen molar-refractivity contribution in [2.45, 2.75) is 55.1 Å². The van der Waals surface area contributed by atoms with Gasteiger partial charge in [-0.1, -0.05) is 67.3 Å². The molecule has 5 nitrogen and oxygen atoms in total. The monoisotopic (exact) mass is 483 g/mol. The number of aromatic nitrogens is 5. The van der Waals surface area contributed by atoms with Gasteiger partial charge in [0, 0.05) is 16.9 Å². The van der Waals surface area contributed by atoms with E-state index in [1.165, 1.54) is 55.0 Å². The average Bonchev–Trinajstić information content (AvgIpc) is 3.51. The molecule has 0 atom stereocenters. The Balaban J connectivity index is 1.42. The van der Waals surface area contributed by atoms with Crippen molar-refractivity contribution in [1.82, 2.24) is 24.7 Å². The molecule has 0 aliphatic heterocycles. The molecule has 1 saturated carbocycles. The lowest BCUT2D eigenvalue weighted by Gasteiger charge is -2.21. The zero-order chi connectivity index (χ0) is 22.9. The van der Waals surface area contributed by atoms with Gasteiger partial charge in [0.25, 0.3) is 0 Å². The molecule has 0 saturated heterocycles. The standard InChI is InChI=1S/C27H25N5S2/c1-18-12-14-19(15-13-18)22-16-33-25-23(22)26(29-17-28-25)34-27-30-24(20-8-4-2-5-9-20)32(31-27)21-10-6-3-7-11-21/h3,6-7,10-17,20H,2,4-5,8-9H2,1H3. The smallest absolute Gasteiger partial charge is 0.215 e. The van der Waals surface area contributed by atoms with Gasteiger partial charge in [0.2, 0.25) is 5.16 Å². The van der Waals surface area contributed by atoms with E-state index in [0.29, 0.717) is 5.92 Å². The molecule has 6 rings (SSSR count). The third-order valence-electron chi connectivity index (χ3n) is 6.47. The Kier molecular flexibility index (Phi) is 5.89. The number of benzene rings is 2. The SMILES string of the molecule is Cc1ccc(-c2csc3ncnc(Sc4nc(C5CCCCC5)n(-c5ccccc5)n4)c23)cc1. The summed E-state index contributed by atoms with van der Waals surface area (Å²) in [5, 5.41) is 9.87. The van der Waals surface area contributed by atoms with E-state index in [-0.39, 0.29) is 0 Å². The molecular weight excluding hydrogens is 458 g/mol. The van der Waals surface area contributed by atoms with E-state index in [1.54, 1.807) is 17.7 Å². The van der Waals surface area contributed by atoms with Gasteiger partial charge < -0.3 is 0 Å². The molecule has 0 amide bonds. The van der Waals surface area contributed by atoms with Crippen molar-refractivity contribution in [3.63, 3.8) is 0 Å². The fourth-order valence-electron chi connectivity index (χ4n) is 4.69. The first kappa shape index (κ1) is 21.5. The van der Waals surface area contributed by atoms with Gasteiger partial charge in [-0.15, -0.1) is 16.4 Å². The van der Waals surface area contributed by atoms with E-state index < -0.39 is 0 Å². The van der Waals surface area contributed by atoms with Crippen LogP contribution in [0.5, 0.6) is 0 Å². The van der Waals surface area contributed by atoms with Crippen LogP contribution in [0, 0.1) is 6.92 Å². The number of aryl methyl sites for hydroxylation is 1. The molecule has 7 heteroatoms. The average molecular weight is 484 g/mol. The van der Waals surface area contributed by atoms with E-state index in [0.717, 1.165) is 37.5 Å². The van der Waals surface area contributed by atoms with Gasteiger partial charge in [-0.05, 0) is 49.2 Å². The second-order valence-corrected chi connectivity index (χ2v) is 10.6. The lowest BCUT2D eigenvalue weighted by molar-refractivity contribution is 0.422. The first-order valence-corrected chi connectivity index (χ1v) is 13.5. The third-order valence-corrected chi connectivity index (χ3v) is 8.21. The molecule has 3 aromatic heterocycles. The van der Waals surface area contributed by atoms with Crippen molar-refractivity contribution < 1.29 is 0 Å². The summed E-state index contributed by atoms with van der Waals surface area (Å²) < 4.78 is 2.05. The minimum atomic E-state index is 0.450. The van der Waals surface area contributed by atoms with Crippen LogP contribution in [0.2, 0.25) is 0 Å². The maximum absolute atomic E-state index is 5.07. The first-order valence-electron chi connectivity index (χ1n) is 11.8. The van der Waals surface area contributed by atoms with Crippen LogP contribution >= 0.6 is 23.1 Å². The molecule has 1 fully saturated rings. The maximum Gasteiger partial charge on any atom is 0.215 e. The second kappa shape index (κ2) is 9.31. The molecular formula is C27H25N5S2. The van der Waals surface area contributed by atoms with Crippen LogP contribution < -0.4 is 0 Å². The van der Waals surface area contributed by atoms with E-state index >= 15 is 0 Å². The number of hydrogen-bond acceptors (Lipinski definition) is 6. The van der Waals surface area contributed by atoms with Gasteiger partial charge in [-0.25, -0.2) is 19.6 Å². The molecule has 1 aliphatic carbocycles. The minimum Gasteiger partial charge on any atom is -0.229 e. The largest absolute Gasteiger partial charge is 0.229 e. The molecule has 3 heterocycles. The van der Waals surface area contributed by atoms with Crippen LogP contribution in [0.25, 0.3) is 27.0 Å².